The molecule has 1 aromatic rings. The molecule has 0 fully saturated rings. The Bertz CT molecular complexity index is 559. The Morgan fingerprint density at radius 3 is 2.42 bits per heavy atom. The number of carbonyl (C=O) groups excluding carboxylic acids is 1. The Balaban J connectivity index is 2.85. The number of aryl methyl sites for hydroxylation is 1. The number of carbonyl (C=O) groups is 1. The smallest absolute Gasteiger partial charge is 0.374 e. The van der Waals surface area contributed by atoms with Crippen molar-refractivity contribution in [2.45, 2.75) is 45.1 Å². The first-order chi connectivity index (χ1) is 8.61. The van der Waals surface area contributed by atoms with Crippen molar-refractivity contribution in [2.75, 3.05) is 0 Å². The van der Waals surface area contributed by atoms with Crippen LogP contribution in [0, 0.1) is 12.8 Å². The van der Waals surface area contributed by atoms with Crippen molar-refractivity contribution >= 4 is 25.7 Å². The maximum atomic E-state index is 11.8. The Kier molecular flexibility index (Phi) is 5.04. The summed E-state index contributed by atoms with van der Waals surface area (Å²) >= 11 is 0. The van der Waals surface area contributed by atoms with E-state index >= 15 is 0 Å². The number of ether oxygens (including phenoxy) is 1. The predicted molar refractivity (Wildman–Crippen MR) is 70.8 cm³/mol. The lowest BCUT2D eigenvalue weighted by Crippen LogP contribution is -2.16. The number of rotatable bonds is 5. The Morgan fingerprint density at radius 1 is 1.42 bits per heavy atom. The summed E-state index contributed by atoms with van der Waals surface area (Å²) in [5.41, 5.74) is 0. The summed E-state index contributed by atoms with van der Waals surface area (Å²) in [7, 11) is 1.29. The van der Waals surface area contributed by atoms with Gasteiger partial charge in [0, 0.05) is 16.7 Å². The van der Waals surface area contributed by atoms with Gasteiger partial charge in [-0.05, 0) is 26.2 Å². The van der Waals surface area contributed by atoms with Crippen LogP contribution in [-0.4, -0.2) is 20.5 Å². The van der Waals surface area contributed by atoms with Crippen molar-refractivity contribution in [1.82, 2.24) is 0 Å². The average molecular weight is 309 g/mol. The minimum Gasteiger partial charge on any atom is -0.457 e. The Labute approximate surface area is 117 Å². The molecule has 1 unspecified atom stereocenters. The van der Waals surface area contributed by atoms with Crippen LogP contribution in [0.15, 0.2) is 15.4 Å². The van der Waals surface area contributed by atoms with Crippen molar-refractivity contribution < 1.29 is 22.4 Å². The number of hydrogen-bond donors (Lipinski definition) is 0. The van der Waals surface area contributed by atoms with Crippen molar-refractivity contribution in [3.05, 3.63) is 17.6 Å². The third-order valence-corrected chi connectivity index (χ3v) is 3.88. The van der Waals surface area contributed by atoms with Gasteiger partial charge in [-0.25, -0.2) is 13.2 Å². The summed E-state index contributed by atoms with van der Waals surface area (Å²) in [6, 6.07) is 1.09. The molecule has 1 atom stereocenters. The SMILES string of the molecule is Cc1oc(C(=O)OC(C)CC(C)C)cc1S(=O)(=O)Cl. The van der Waals surface area contributed by atoms with E-state index in [1.807, 2.05) is 13.8 Å². The van der Waals surface area contributed by atoms with Gasteiger partial charge in [0.05, 0.1) is 6.10 Å². The van der Waals surface area contributed by atoms with Gasteiger partial charge in [-0.3, -0.25) is 0 Å². The van der Waals surface area contributed by atoms with Crippen LogP contribution in [-0.2, 0) is 13.8 Å². The first-order valence-corrected chi connectivity index (χ1v) is 8.18. The van der Waals surface area contributed by atoms with Crippen molar-refractivity contribution in [3.8, 4) is 0 Å². The largest absolute Gasteiger partial charge is 0.457 e. The highest BCUT2D eigenvalue weighted by Crippen LogP contribution is 2.24. The molecule has 0 aliphatic heterocycles. The van der Waals surface area contributed by atoms with Gasteiger partial charge in [0.2, 0.25) is 5.76 Å². The lowest BCUT2D eigenvalue weighted by atomic mass is 10.1. The molecule has 108 valence electrons. The number of hydrogen-bond acceptors (Lipinski definition) is 5. The van der Waals surface area contributed by atoms with Gasteiger partial charge in [0.15, 0.2) is 0 Å². The second-order valence-electron chi connectivity index (χ2n) is 4.81. The van der Waals surface area contributed by atoms with E-state index in [1.54, 1.807) is 6.92 Å². The lowest BCUT2D eigenvalue weighted by molar-refractivity contribution is 0.0263. The van der Waals surface area contributed by atoms with E-state index in [-0.39, 0.29) is 22.5 Å². The van der Waals surface area contributed by atoms with Crippen molar-refractivity contribution in [2.24, 2.45) is 5.92 Å². The summed E-state index contributed by atoms with van der Waals surface area (Å²) in [6.45, 7) is 7.22. The minimum absolute atomic E-state index is 0.0680. The van der Waals surface area contributed by atoms with Gasteiger partial charge < -0.3 is 9.15 Å². The maximum Gasteiger partial charge on any atom is 0.374 e. The standard InChI is InChI=1S/C12H17ClO5S/c1-7(2)5-8(3)17-12(14)10-6-11(9(4)18-10)19(13,15)16/h6-8H,5H2,1-4H3. The minimum atomic E-state index is -3.92. The van der Waals surface area contributed by atoms with E-state index in [4.69, 9.17) is 19.8 Å². The van der Waals surface area contributed by atoms with Crippen LogP contribution in [0.5, 0.6) is 0 Å². The van der Waals surface area contributed by atoms with Crippen molar-refractivity contribution in [3.63, 3.8) is 0 Å². The molecule has 0 spiro atoms. The molecule has 5 nitrogen and oxygen atoms in total. The number of esters is 1. The fourth-order valence-corrected chi connectivity index (χ4v) is 2.85. The van der Waals surface area contributed by atoms with E-state index in [0.29, 0.717) is 12.3 Å². The molecule has 1 heterocycles. The van der Waals surface area contributed by atoms with Crippen LogP contribution in [0.25, 0.3) is 0 Å². The van der Waals surface area contributed by atoms with Gasteiger partial charge in [-0.15, -0.1) is 0 Å². The molecule has 0 saturated carbocycles. The monoisotopic (exact) mass is 308 g/mol. The highest BCUT2D eigenvalue weighted by Gasteiger charge is 2.24. The molecule has 19 heavy (non-hydrogen) atoms. The fourth-order valence-electron chi connectivity index (χ4n) is 1.76. The van der Waals surface area contributed by atoms with Gasteiger partial charge in [-0.2, -0.15) is 0 Å². The molecule has 0 aliphatic rings. The molecular weight excluding hydrogens is 292 g/mol. The van der Waals surface area contributed by atoms with Gasteiger partial charge in [-0.1, -0.05) is 13.8 Å². The normalized spacial score (nSPS) is 13.6. The molecule has 0 N–H and O–H groups in total. The van der Waals surface area contributed by atoms with E-state index in [0.717, 1.165) is 6.07 Å². The molecule has 0 bridgehead atoms. The summed E-state index contributed by atoms with van der Waals surface area (Å²) in [5.74, 6) is -0.395. The second-order valence-corrected chi connectivity index (χ2v) is 7.35. The Hall–Kier alpha value is -1.01. The zero-order chi connectivity index (χ0) is 14.8. The molecular formula is C12H17ClO5S. The highest BCUT2D eigenvalue weighted by atomic mass is 35.7. The third kappa shape index (κ3) is 4.54. The average Bonchev–Trinajstić information content (AvgIpc) is 2.58. The van der Waals surface area contributed by atoms with E-state index in [1.165, 1.54) is 6.92 Å². The van der Waals surface area contributed by atoms with Crippen LogP contribution in [0.2, 0.25) is 0 Å². The molecule has 7 heteroatoms. The van der Waals surface area contributed by atoms with Crippen molar-refractivity contribution in [1.29, 1.82) is 0 Å². The van der Waals surface area contributed by atoms with Crippen LogP contribution in [0.1, 0.15) is 43.5 Å². The number of halogens is 1. The molecule has 0 amide bonds. The molecule has 1 aromatic heterocycles. The third-order valence-electron chi connectivity index (χ3n) is 2.45. The van der Waals surface area contributed by atoms with Crippen LogP contribution < -0.4 is 0 Å². The summed E-state index contributed by atoms with van der Waals surface area (Å²) in [4.78, 5) is 11.6. The van der Waals surface area contributed by atoms with Gasteiger partial charge in [0.25, 0.3) is 9.05 Å². The van der Waals surface area contributed by atoms with E-state index in [2.05, 4.69) is 0 Å². The van der Waals surface area contributed by atoms with Gasteiger partial charge in [0.1, 0.15) is 10.7 Å². The van der Waals surface area contributed by atoms with E-state index in [9.17, 15) is 13.2 Å². The van der Waals surface area contributed by atoms with Gasteiger partial charge >= 0.3 is 5.97 Å². The molecule has 0 aromatic carbocycles. The first-order valence-electron chi connectivity index (χ1n) is 5.87. The number of furan rings is 1. The topological polar surface area (TPSA) is 73.6 Å². The second kappa shape index (κ2) is 5.96. The van der Waals surface area contributed by atoms with E-state index < -0.39 is 15.0 Å². The zero-order valence-electron chi connectivity index (χ0n) is 11.3. The highest BCUT2D eigenvalue weighted by molar-refractivity contribution is 8.13. The maximum absolute atomic E-state index is 11.8. The van der Waals surface area contributed by atoms with Crippen LogP contribution in [0.3, 0.4) is 0 Å². The fraction of sp³-hybridized carbons (Fsp3) is 0.583. The predicted octanol–water partition coefficient (Wildman–Crippen LogP) is 3.11. The van der Waals surface area contributed by atoms with Crippen LogP contribution in [0.4, 0.5) is 0 Å². The molecule has 1 rings (SSSR count). The molecule has 0 saturated heterocycles. The quantitative estimate of drug-likeness (QED) is 0.617. The molecule has 0 aliphatic carbocycles. The Morgan fingerprint density at radius 2 is 2.00 bits per heavy atom. The summed E-state index contributed by atoms with van der Waals surface area (Å²) in [6.07, 6.45) is 0.445. The summed E-state index contributed by atoms with van der Waals surface area (Å²) in [5, 5.41) is 0. The lowest BCUT2D eigenvalue weighted by Gasteiger charge is -2.13. The first kappa shape index (κ1) is 16.0. The zero-order valence-corrected chi connectivity index (χ0v) is 12.8. The molecule has 0 radical (unpaired) electrons. The summed E-state index contributed by atoms with van der Waals surface area (Å²) < 4.78 is 32.6. The van der Waals surface area contributed by atoms with Crippen LogP contribution >= 0.6 is 10.7 Å².